The third-order valence-electron chi connectivity index (χ3n) is 5.11. The van der Waals surface area contributed by atoms with Gasteiger partial charge in [0.2, 0.25) is 5.91 Å². The molecule has 0 unspecified atom stereocenters. The molecule has 0 radical (unpaired) electrons. The molecular formula is C22H23N3O2. The molecule has 0 aliphatic carbocycles. The van der Waals surface area contributed by atoms with Crippen LogP contribution in [0.2, 0.25) is 0 Å². The van der Waals surface area contributed by atoms with E-state index in [2.05, 4.69) is 16.4 Å². The number of para-hydroxylation sites is 1. The molecule has 0 bridgehead atoms. The number of aromatic amines is 1. The van der Waals surface area contributed by atoms with Gasteiger partial charge in [-0.3, -0.25) is 9.59 Å². The maximum absolute atomic E-state index is 12.4. The van der Waals surface area contributed by atoms with Crippen LogP contribution in [0.15, 0.2) is 54.7 Å². The van der Waals surface area contributed by atoms with Gasteiger partial charge in [0, 0.05) is 47.9 Å². The minimum atomic E-state index is -0.0288. The van der Waals surface area contributed by atoms with Crippen LogP contribution in [0, 0.1) is 0 Å². The molecule has 1 saturated heterocycles. The average Bonchev–Trinajstić information content (AvgIpc) is 3.37. The van der Waals surface area contributed by atoms with Gasteiger partial charge in [0.1, 0.15) is 0 Å². The zero-order valence-electron chi connectivity index (χ0n) is 15.2. The molecule has 2 heterocycles. The second kappa shape index (κ2) is 7.66. The zero-order chi connectivity index (χ0) is 18.6. The van der Waals surface area contributed by atoms with Gasteiger partial charge in [-0.05, 0) is 55.2 Å². The molecule has 138 valence electrons. The lowest BCUT2D eigenvalue weighted by Crippen LogP contribution is -2.27. The number of carbonyl (C=O) groups is 2. The summed E-state index contributed by atoms with van der Waals surface area (Å²) in [7, 11) is 0. The molecule has 5 nitrogen and oxygen atoms in total. The van der Waals surface area contributed by atoms with E-state index < -0.39 is 0 Å². The molecule has 27 heavy (non-hydrogen) atoms. The number of nitrogens with one attached hydrogen (secondary N) is 2. The molecular weight excluding hydrogens is 338 g/mol. The first-order chi connectivity index (χ1) is 13.2. The van der Waals surface area contributed by atoms with E-state index in [0.717, 1.165) is 48.1 Å². The number of hydrogen-bond acceptors (Lipinski definition) is 2. The molecule has 0 atom stereocenters. The number of nitrogens with zero attached hydrogens (tertiary/aromatic N) is 1. The first-order valence-electron chi connectivity index (χ1n) is 9.45. The Morgan fingerprint density at radius 1 is 1.00 bits per heavy atom. The van der Waals surface area contributed by atoms with Crippen LogP contribution in [0.4, 0.5) is 5.69 Å². The van der Waals surface area contributed by atoms with Crippen molar-refractivity contribution < 1.29 is 9.59 Å². The van der Waals surface area contributed by atoms with Crippen molar-refractivity contribution >= 4 is 28.4 Å². The number of carbonyl (C=O) groups excluding carboxylic acids is 2. The first-order valence-corrected chi connectivity index (χ1v) is 9.45. The second-order valence-corrected chi connectivity index (χ2v) is 6.98. The van der Waals surface area contributed by atoms with Gasteiger partial charge in [-0.15, -0.1) is 0 Å². The monoisotopic (exact) mass is 361 g/mol. The SMILES string of the molecule is O=C(CCc1c[nH]c2ccccc12)Nc1ccc(C(=O)N2CCCC2)cc1. The highest BCUT2D eigenvalue weighted by Gasteiger charge is 2.19. The van der Waals surface area contributed by atoms with E-state index in [1.54, 1.807) is 24.3 Å². The lowest BCUT2D eigenvalue weighted by atomic mass is 10.1. The van der Waals surface area contributed by atoms with Crippen molar-refractivity contribution in [1.82, 2.24) is 9.88 Å². The smallest absolute Gasteiger partial charge is 0.253 e. The van der Waals surface area contributed by atoms with Crippen LogP contribution in [0.3, 0.4) is 0 Å². The first kappa shape index (κ1) is 17.3. The standard InChI is InChI=1S/C22H23N3O2/c26-21(12-9-17-15-23-20-6-2-1-5-19(17)20)24-18-10-7-16(8-11-18)22(27)25-13-3-4-14-25/h1-2,5-8,10-11,15,23H,3-4,9,12-14H2,(H,24,26). The lowest BCUT2D eigenvalue weighted by molar-refractivity contribution is -0.116. The predicted molar refractivity (Wildman–Crippen MR) is 107 cm³/mol. The second-order valence-electron chi connectivity index (χ2n) is 6.98. The molecule has 2 aromatic carbocycles. The summed E-state index contributed by atoms with van der Waals surface area (Å²) in [6, 6.07) is 15.3. The van der Waals surface area contributed by atoms with Crippen molar-refractivity contribution in [2.24, 2.45) is 0 Å². The van der Waals surface area contributed by atoms with Crippen LogP contribution >= 0.6 is 0 Å². The third-order valence-corrected chi connectivity index (χ3v) is 5.11. The molecule has 5 heteroatoms. The highest BCUT2D eigenvalue weighted by molar-refractivity contribution is 5.96. The number of benzene rings is 2. The van der Waals surface area contributed by atoms with Crippen molar-refractivity contribution in [1.29, 1.82) is 0 Å². The number of aryl methyl sites for hydroxylation is 1. The Labute approximate surface area is 158 Å². The van der Waals surface area contributed by atoms with Crippen LogP contribution < -0.4 is 5.32 Å². The van der Waals surface area contributed by atoms with E-state index in [-0.39, 0.29) is 11.8 Å². The molecule has 1 aliphatic heterocycles. The number of H-pyrrole nitrogens is 1. The fraction of sp³-hybridized carbons (Fsp3) is 0.273. The van der Waals surface area contributed by atoms with E-state index in [1.807, 2.05) is 29.3 Å². The van der Waals surface area contributed by atoms with Crippen LogP contribution in [0.25, 0.3) is 10.9 Å². The van der Waals surface area contributed by atoms with Crippen LogP contribution in [0.1, 0.15) is 35.2 Å². The largest absolute Gasteiger partial charge is 0.361 e. The molecule has 3 aromatic rings. The maximum Gasteiger partial charge on any atom is 0.253 e. The average molecular weight is 361 g/mol. The van der Waals surface area contributed by atoms with Gasteiger partial charge in [-0.1, -0.05) is 18.2 Å². The summed E-state index contributed by atoms with van der Waals surface area (Å²) in [6.45, 7) is 1.68. The molecule has 2 N–H and O–H groups in total. The van der Waals surface area contributed by atoms with Crippen molar-refractivity contribution in [2.45, 2.75) is 25.7 Å². The molecule has 2 amide bonds. The molecule has 0 saturated carbocycles. The highest BCUT2D eigenvalue weighted by atomic mass is 16.2. The highest BCUT2D eigenvalue weighted by Crippen LogP contribution is 2.20. The number of fused-ring (bicyclic) bond motifs is 1. The Hall–Kier alpha value is -3.08. The van der Waals surface area contributed by atoms with Crippen molar-refractivity contribution in [3.63, 3.8) is 0 Å². The fourth-order valence-electron chi connectivity index (χ4n) is 3.61. The Bertz CT molecular complexity index is 953. The molecule has 1 fully saturated rings. The lowest BCUT2D eigenvalue weighted by Gasteiger charge is -2.15. The minimum absolute atomic E-state index is 0.0288. The third kappa shape index (κ3) is 3.87. The fourth-order valence-corrected chi connectivity index (χ4v) is 3.61. The predicted octanol–water partition coefficient (Wildman–Crippen LogP) is 3.98. The summed E-state index contributed by atoms with van der Waals surface area (Å²) in [5.74, 6) is 0.0450. The number of amides is 2. The molecule has 1 aliphatic rings. The number of hydrogen-bond donors (Lipinski definition) is 2. The summed E-state index contributed by atoms with van der Waals surface area (Å²) in [6.07, 6.45) is 5.22. The summed E-state index contributed by atoms with van der Waals surface area (Å²) >= 11 is 0. The van der Waals surface area contributed by atoms with Gasteiger partial charge < -0.3 is 15.2 Å². The van der Waals surface area contributed by atoms with E-state index in [9.17, 15) is 9.59 Å². The van der Waals surface area contributed by atoms with Crippen LogP contribution in [0.5, 0.6) is 0 Å². The quantitative estimate of drug-likeness (QED) is 0.722. The van der Waals surface area contributed by atoms with Gasteiger partial charge in [0.25, 0.3) is 5.91 Å². The Morgan fingerprint density at radius 2 is 1.74 bits per heavy atom. The van der Waals surface area contributed by atoms with Crippen molar-refractivity contribution in [2.75, 3.05) is 18.4 Å². The molecule has 1 aromatic heterocycles. The molecule has 4 rings (SSSR count). The van der Waals surface area contributed by atoms with Gasteiger partial charge in [-0.25, -0.2) is 0 Å². The number of anilines is 1. The summed E-state index contributed by atoms with van der Waals surface area (Å²) in [5, 5.41) is 4.08. The van der Waals surface area contributed by atoms with Gasteiger partial charge in [-0.2, -0.15) is 0 Å². The van der Waals surface area contributed by atoms with Crippen LogP contribution in [-0.4, -0.2) is 34.8 Å². The normalized spacial score (nSPS) is 13.9. The topological polar surface area (TPSA) is 65.2 Å². The Morgan fingerprint density at radius 3 is 2.52 bits per heavy atom. The van der Waals surface area contributed by atoms with E-state index in [0.29, 0.717) is 18.4 Å². The molecule has 0 spiro atoms. The van der Waals surface area contributed by atoms with Crippen LogP contribution in [-0.2, 0) is 11.2 Å². The van der Waals surface area contributed by atoms with Crippen molar-refractivity contribution in [3.05, 3.63) is 65.9 Å². The summed E-state index contributed by atoms with van der Waals surface area (Å²) in [5.41, 5.74) is 3.63. The number of rotatable bonds is 5. The van der Waals surface area contributed by atoms with Gasteiger partial charge in [0.15, 0.2) is 0 Å². The Balaban J connectivity index is 1.33. The van der Waals surface area contributed by atoms with E-state index in [1.165, 1.54) is 0 Å². The number of likely N-dealkylation sites (tertiary alicyclic amines) is 1. The summed E-state index contributed by atoms with van der Waals surface area (Å²) in [4.78, 5) is 29.7. The van der Waals surface area contributed by atoms with E-state index >= 15 is 0 Å². The van der Waals surface area contributed by atoms with Gasteiger partial charge in [0.05, 0.1) is 0 Å². The summed E-state index contributed by atoms with van der Waals surface area (Å²) < 4.78 is 0. The minimum Gasteiger partial charge on any atom is -0.361 e. The van der Waals surface area contributed by atoms with Gasteiger partial charge >= 0.3 is 0 Å². The maximum atomic E-state index is 12.4. The zero-order valence-corrected chi connectivity index (χ0v) is 15.2. The number of aromatic nitrogens is 1. The van der Waals surface area contributed by atoms with Crippen molar-refractivity contribution in [3.8, 4) is 0 Å². The Kier molecular flexibility index (Phi) is 4.92. The van der Waals surface area contributed by atoms with E-state index in [4.69, 9.17) is 0 Å².